The first-order chi connectivity index (χ1) is 12.3. The first-order valence-corrected chi connectivity index (χ1v) is 10.2. The number of primary sulfonamides is 1. The molecule has 8 heteroatoms. The van der Waals surface area contributed by atoms with Crippen LogP contribution in [0.4, 0.5) is 5.69 Å². The zero-order valence-corrected chi connectivity index (χ0v) is 16.4. The first kappa shape index (κ1) is 20.4. The van der Waals surface area contributed by atoms with Crippen LogP contribution in [0.25, 0.3) is 0 Å². The molecule has 0 aliphatic heterocycles. The van der Waals surface area contributed by atoms with Gasteiger partial charge in [-0.25, -0.2) is 13.6 Å². The molecule has 3 N–H and O–H groups in total. The summed E-state index contributed by atoms with van der Waals surface area (Å²) in [5, 5.41) is 8.85. The van der Waals surface area contributed by atoms with E-state index < -0.39 is 10.0 Å². The van der Waals surface area contributed by atoms with E-state index in [4.69, 9.17) is 26.2 Å². The molecular weight excluding hydrogens is 376 g/mol. The van der Waals surface area contributed by atoms with Crippen LogP contribution >= 0.6 is 11.6 Å². The highest BCUT2D eigenvalue weighted by molar-refractivity contribution is 7.89. The Hall–Kier alpha value is -1.96. The molecule has 2 aromatic rings. The van der Waals surface area contributed by atoms with Crippen molar-refractivity contribution in [3.63, 3.8) is 0 Å². The minimum absolute atomic E-state index is 0.0668. The fraction of sp³-hybridized carbons (Fsp3) is 0.333. The third-order valence-corrected chi connectivity index (χ3v) is 4.82. The average Bonchev–Trinajstić information content (AvgIpc) is 2.60. The van der Waals surface area contributed by atoms with Crippen molar-refractivity contribution < 1.29 is 17.9 Å². The fourth-order valence-electron chi connectivity index (χ4n) is 2.27. The van der Waals surface area contributed by atoms with Crippen LogP contribution in [-0.4, -0.2) is 21.6 Å². The van der Waals surface area contributed by atoms with Crippen LogP contribution in [0.2, 0.25) is 5.02 Å². The molecule has 6 nitrogen and oxygen atoms in total. The van der Waals surface area contributed by atoms with Gasteiger partial charge >= 0.3 is 0 Å². The van der Waals surface area contributed by atoms with Crippen molar-refractivity contribution in [1.29, 1.82) is 0 Å². The smallest absolute Gasteiger partial charge is 0.238 e. The molecule has 0 aliphatic rings. The van der Waals surface area contributed by atoms with Gasteiger partial charge in [0, 0.05) is 23.3 Å². The molecule has 0 amide bonds. The van der Waals surface area contributed by atoms with Crippen LogP contribution in [0.5, 0.6) is 11.5 Å². The second kappa shape index (κ2) is 9.12. The summed E-state index contributed by atoms with van der Waals surface area (Å²) < 4.78 is 33.9. The lowest BCUT2D eigenvalue weighted by atomic mass is 10.2. The molecule has 0 atom stereocenters. The van der Waals surface area contributed by atoms with Gasteiger partial charge in [0.25, 0.3) is 0 Å². The van der Waals surface area contributed by atoms with Crippen LogP contribution in [0.1, 0.15) is 25.8 Å². The van der Waals surface area contributed by atoms with Gasteiger partial charge in [-0.3, -0.25) is 0 Å². The Bertz CT molecular complexity index is 839. The Kier molecular flexibility index (Phi) is 7.14. The molecule has 0 radical (unpaired) electrons. The minimum Gasteiger partial charge on any atom is -0.490 e. The summed E-state index contributed by atoms with van der Waals surface area (Å²) >= 11 is 6.36. The number of ether oxygens (including phenoxy) is 2. The van der Waals surface area contributed by atoms with Gasteiger partial charge in [0.05, 0.1) is 18.1 Å². The second-order valence-electron chi connectivity index (χ2n) is 5.59. The van der Waals surface area contributed by atoms with E-state index in [1.165, 1.54) is 12.1 Å². The van der Waals surface area contributed by atoms with Crippen molar-refractivity contribution in [3.8, 4) is 11.5 Å². The number of hydrogen-bond donors (Lipinski definition) is 2. The van der Waals surface area contributed by atoms with Crippen molar-refractivity contribution in [2.24, 2.45) is 5.14 Å². The lowest BCUT2D eigenvalue weighted by Gasteiger charge is -2.15. The van der Waals surface area contributed by atoms with Gasteiger partial charge in [-0.2, -0.15) is 0 Å². The van der Waals surface area contributed by atoms with E-state index in [0.717, 1.165) is 17.7 Å². The summed E-state index contributed by atoms with van der Waals surface area (Å²) in [5.74, 6) is 1.27. The molecule has 0 spiro atoms. The van der Waals surface area contributed by atoms with E-state index in [-0.39, 0.29) is 4.90 Å². The molecular formula is C18H23ClN2O4S. The van der Waals surface area contributed by atoms with Crippen molar-refractivity contribution in [2.45, 2.75) is 31.7 Å². The van der Waals surface area contributed by atoms with Gasteiger partial charge in [0.1, 0.15) is 0 Å². The molecule has 0 bridgehead atoms. The predicted octanol–water partition coefficient (Wildman–Crippen LogP) is 3.79. The third-order valence-electron chi connectivity index (χ3n) is 3.54. The van der Waals surface area contributed by atoms with Crippen molar-refractivity contribution >= 4 is 27.3 Å². The van der Waals surface area contributed by atoms with Crippen LogP contribution in [0.3, 0.4) is 0 Å². The minimum atomic E-state index is -3.70. The summed E-state index contributed by atoms with van der Waals surface area (Å²) in [5.41, 5.74) is 1.59. The summed E-state index contributed by atoms with van der Waals surface area (Å²) in [6.45, 7) is 5.49. The van der Waals surface area contributed by atoms with Crippen LogP contribution in [0.15, 0.2) is 41.3 Å². The summed E-state index contributed by atoms with van der Waals surface area (Å²) in [4.78, 5) is 0.0668. The van der Waals surface area contributed by atoms with Crippen LogP contribution in [-0.2, 0) is 16.6 Å². The van der Waals surface area contributed by atoms with E-state index in [9.17, 15) is 8.42 Å². The maximum absolute atomic E-state index is 11.3. The van der Waals surface area contributed by atoms with Gasteiger partial charge < -0.3 is 14.8 Å². The molecule has 0 saturated carbocycles. The predicted molar refractivity (Wildman–Crippen MR) is 104 cm³/mol. The number of benzene rings is 2. The van der Waals surface area contributed by atoms with E-state index in [0.29, 0.717) is 36.3 Å². The SMILES string of the molecule is CCCOc1cc(Cl)c(CNc2ccc(S(N)(=O)=O)cc2)cc1OCC. The quantitative estimate of drug-likeness (QED) is 0.670. The molecule has 0 fully saturated rings. The topological polar surface area (TPSA) is 90.6 Å². The first-order valence-electron chi connectivity index (χ1n) is 8.30. The summed E-state index contributed by atoms with van der Waals surface area (Å²) in [6.07, 6.45) is 0.890. The number of hydrogen-bond acceptors (Lipinski definition) is 5. The van der Waals surface area contributed by atoms with Crippen LogP contribution in [0, 0.1) is 0 Å². The van der Waals surface area contributed by atoms with Crippen molar-refractivity contribution in [3.05, 3.63) is 47.0 Å². The Morgan fingerprint density at radius 1 is 1.08 bits per heavy atom. The summed E-state index contributed by atoms with van der Waals surface area (Å²) in [6, 6.07) is 9.80. The molecule has 0 aliphatic carbocycles. The van der Waals surface area contributed by atoms with Gasteiger partial charge in [-0.05, 0) is 49.2 Å². The van der Waals surface area contributed by atoms with Gasteiger partial charge in [0.2, 0.25) is 10.0 Å². The highest BCUT2D eigenvalue weighted by Gasteiger charge is 2.12. The fourth-order valence-corrected chi connectivity index (χ4v) is 3.00. The number of rotatable bonds is 9. The molecule has 2 rings (SSSR count). The monoisotopic (exact) mass is 398 g/mol. The van der Waals surface area contributed by atoms with Gasteiger partial charge in [-0.15, -0.1) is 0 Å². The van der Waals surface area contributed by atoms with Crippen LogP contribution < -0.4 is 19.9 Å². The van der Waals surface area contributed by atoms with E-state index >= 15 is 0 Å². The molecule has 0 unspecified atom stereocenters. The summed E-state index contributed by atoms with van der Waals surface area (Å²) in [7, 11) is -3.70. The van der Waals surface area contributed by atoms with E-state index in [2.05, 4.69) is 5.32 Å². The van der Waals surface area contributed by atoms with E-state index in [1.54, 1.807) is 18.2 Å². The number of halogens is 1. The highest BCUT2D eigenvalue weighted by Crippen LogP contribution is 2.34. The lowest BCUT2D eigenvalue weighted by Crippen LogP contribution is -2.12. The average molecular weight is 399 g/mol. The maximum atomic E-state index is 11.3. The van der Waals surface area contributed by atoms with Crippen molar-refractivity contribution in [2.75, 3.05) is 18.5 Å². The number of anilines is 1. The number of sulfonamides is 1. The Morgan fingerprint density at radius 3 is 2.31 bits per heavy atom. The molecule has 26 heavy (non-hydrogen) atoms. The Labute approximate surface area is 159 Å². The molecule has 0 saturated heterocycles. The van der Waals surface area contributed by atoms with Gasteiger partial charge in [-0.1, -0.05) is 18.5 Å². The molecule has 142 valence electrons. The van der Waals surface area contributed by atoms with Gasteiger partial charge in [0.15, 0.2) is 11.5 Å². The zero-order chi connectivity index (χ0) is 19.2. The largest absolute Gasteiger partial charge is 0.490 e. The zero-order valence-electron chi connectivity index (χ0n) is 14.8. The second-order valence-corrected chi connectivity index (χ2v) is 7.56. The number of nitrogens with one attached hydrogen (secondary N) is 1. The maximum Gasteiger partial charge on any atom is 0.238 e. The normalized spacial score (nSPS) is 11.2. The third kappa shape index (κ3) is 5.52. The molecule has 2 aromatic carbocycles. The molecule has 0 heterocycles. The standard InChI is InChI=1S/C18H23ClN2O4S/c1-3-9-25-18-11-16(19)13(10-17(18)24-4-2)12-21-14-5-7-15(8-6-14)26(20,22)23/h5-8,10-11,21H,3-4,9,12H2,1-2H3,(H2,20,22,23). The van der Waals surface area contributed by atoms with Crippen molar-refractivity contribution in [1.82, 2.24) is 0 Å². The molecule has 0 aromatic heterocycles. The lowest BCUT2D eigenvalue weighted by molar-refractivity contribution is 0.276. The highest BCUT2D eigenvalue weighted by atomic mass is 35.5. The Balaban J connectivity index is 2.14. The Morgan fingerprint density at radius 2 is 1.73 bits per heavy atom. The number of nitrogens with two attached hydrogens (primary N) is 1. The van der Waals surface area contributed by atoms with E-state index in [1.807, 2.05) is 19.9 Å².